The third kappa shape index (κ3) is 5.37. The van der Waals surface area contributed by atoms with E-state index in [2.05, 4.69) is 0 Å². The van der Waals surface area contributed by atoms with Gasteiger partial charge in [0, 0.05) is 40.9 Å². The molecule has 2 aromatic carbocycles. The van der Waals surface area contributed by atoms with Gasteiger partial charge in [-0.15, -0.1) is 0 Å². The number of pyridine rings is 1. The molecule has 2 atom stereocenters. The van der Waals surface area contributed by atoms with Gasteiger partial charge in [-0.05, 0) is 48.9 Å². The van der Waals surface area contributed by atoms with E-state index < -0.39 is 46.1 Å². The molecule has 12 heteroatoms. The van der Waals surface area contributed by atoms with Crippen LogP contribution in [0.3, 0.4) is 0 Å². The highest BCUT2D eigenvalue weighted by Gasteiger charge is 2.59. The van der Waals surface area contributed by atoms with E-state index in [0.717, 1.165) is 48.0 Å². The molecular formula is C25H20ClF6NO4. The third-order valence-electron chi connectivity index (χ3n) is 5.99. The van der Waals surface area contributed by atoms with Gasteiger partial charge in [0.15, 0.2) is 11.9 Å². The Morgan fingerprint density at radius 3 is 2.14 bits per heavy atom. The van der Waals surface area contributed by atoms with Crippen LogP contribution in [0, 0.1) is 6.92 Å². The normalized spacial score (nSPS) is 14.7. The first kappa shape index (κ1) is 28.3. The number of aldehydes is 1. The molecule has 1 heterocycles. The van der Waals surface area contributed by atoms with Crippen molar-refractivity contribution >= 4 is 17.9 Å². The van der Waals surface area contributed by atoms with Crippen LogP contribution in [0.15, 0.2) is 53.5 Å². The summed E-state index contributed by atoms with van der Waals surface area (Å²) in [6.07, 6.45) is -9.06. The number of hydrogen-bond donors (Lipinski definition) is 1. The molecule has 3 aromatic rings. The number of carbonyl (C=O) groups excluding carboxylic acids is 1. The minimum atomic E-state index is -5.18. The van der Waals surface area contributed by atoms with Crippen molar-refractivity contribution in [2.24, 2.45) is 7.05 Å². The van der Waals surface area contributed by atoms with Gasteiger partial charge in [0.1, 0.15) is 11.5 Å². The van der Waals surface area contributed by atoms with Crippen LogP contribution < -0.4 is 10.3 Å². The standard InChI is InChI=1S/C25H20ClF6NO4/c1-13-8-16(11-33(3)22(13)35)23(36,25(30,31)32)14(2)19-7-6-18(10-21(19)26)37-17-5-4-15(12-34)20(9-17)24(27,28)29/h4-12,14,36H,1-3H3. The first-order valence-electron chi connectivity index (χ1n) is 10.6. The minimum absolute atomic E-state index is 0.0106. The fourth-order valence-corrected chi connectivity index (χ4v) is 4.31. The van der Waals surface area contributed by atoms with E-state index in [1.165, 1.54) is 20.0 Å². The van der Waals surface area contributed by atoms with E-state index in [4.69, 9.17) is 16.3 Å². The summed E-state index contributed by atoms with van der Waals surface area (Å²) in [5, 5.41) is 10.7. The molecule has 1 N–H and O–H groups in total. The lowest BCUT2D eigenvalue weighted by molar-refractivity contribution is -0.274. The monoisotopic (exact) mass is 547 g/mol. The van der Waals surface area contributed by atoms with E-state index in [1.54, 1.807) is 0 Å². The summed E-state index contributed by atoms with van der Waals surface area (Å²) in [5.41, 5.74) is -6.51. The van der Waals surface area contributed by atoms with Crippen LogP contribution in [0.4, 0.5) is 26.3 Å². The number of ether oxygens (including phenoxy) is 1. The number of aliphatic hydroxyl groups is 1. The molecule has 0 aliphatic heterocycles. The Morgan fingerprint density at radius 2 is 1.62 bits per heavy atom. The second kappa shape index (κ2) is 9.86. The summed E-state index contributed by atoms with van der Waals surface area (Å²) in [5.74, 6) is -2.06. The molecule has 1 aromatic heterocycles. The molecule has 0 aliphatic carbocycles. The fourth-order valence-electron chi connectivity index (χ4n) is 3.98. The van der Waals surface area contributed by atoms with Crippen molar-refractivity contribution in [3.63, 3.8) is 0 Å². The number of aromatic nitrogens is 1. The number of alkyl halides is 6. The second-order valence-electron chi connectivity index (χ2n) is 8.46. The van der Waals surface area contributed by atoms with Crippen molar-refractivity contribution in [2.75, 3.05) is 0 Å². The Morgan fingerprint density at radius 1 is 1.03 bits per heavy atom. The number of rotatable bonds is 6. The van der Waals surface area contributed by atoms with E-state index in [-0.39, 0.29) is 33.9 Å². The van der Waals surface area contributed by atoms with Gasteiger partial charge >= 0.3 is 12.4 Å². The number of halogens is 7. The molecule has 0 spiro atoms. The van der Waals surface area contributed by atoms with Crippen LogP contribution >= 0.6 is 11.6 Å². The average Bonchev–Trinajstić information content (AvgIpc) is 2.80. The Labute approximate surface area is 211 Å². The van der Waals surface area contributed by atoms with E-state index >= 15 is 0 Å². The Bertz CT molecular complexity index is 1370. The molecule has 198 valence electrons. The van der Waals surface area contributed by atoms with E-state index in [1.807, 2.05) is 0 Å². The van der Waals surface area contributed by atoms with Crippen LogP contribution in [0.25, 0.3) is 0 Å². The van der Waals surface area contributed by atoms with Crippen molar-refractivity contribution in [3.05, 3.63) is 91.9 Å². The summed E-state index contributed by atoms with van der Waals surface area (Å²) >= 11 is 6.23. The van der Waals surface area contributed by atoms with Crippen molar-refractivity contribution in [1.29, 1.82) is 0 Å². The average molecular weight is 548 g/mol. The summed E-state index contributed by atoms with van der Waals surface area (Å²) in [7, 11) is 1.26. The lowest BCUT2D eigenvalue weighted by Crippen LogP contribution is -2.47. The van der Waals surface area contributed by atoms with Crippen molar-refractivity contribution in [1.82, 2.24) is 4.57 Å². The zero-order chi connectivity index (χ0) is 27.9. The molecule has 0 saturated heterocycles. The lowest BCUT2D eigenvalue weighted by atomic mass is 9.78. The van der Waals surface area contributed by atoms with Crippen molar-refractivity contribution < 1.29 is 41.0 Å². The summed E-state index contributed by atoms with van der Waals surface area (Å²) in [6, 6.07) is 7.03. The van der Waals surface area contributed by atoms with Crippen LogP contribution in [0.2, 0.25) is 5.02 Å². The molecule has 3 rings (SSSR count). The second-order valence-corrected chi connectivity index (χ2v) is 8.87. The molecule has 0 fully saturated rings. The van der Waals surface area contributed by atoms with Gasteiger partial charge in [0.05, 0.1) is 5.56 Å². The maximum absolute atomic E-state index is 14.3. The van der Waals surface area contributed by atoms with E-state index in [0.29, 0.717) is 6.07 Å². The van der Waals surface area contributed by atoms with Gasteiger partial charge in [-0.2, -0.15) is 26.3 Å². The lowest BCUT2D eigenvalue weighted by Gasteiger charge is -2.37. The molecule has 0 aliphatic rings. The van der Waals surface area contributed by atoms with E-state index in [9.17, 15) is 41.0 Å². The molecule has 2 unspecified atom stereocenters. The molecule has 37 heavy (non-hydrogen) atoms. The van der Waals surface area contributed by atoms with Crippen LogP contribution in [-0.2, 0) is 18.8 Å². The topological polar surface area (TPSA) is 68.5 Å². The predicted molar refractivity (Wildman–Crippen MR) is 123 cm³/mol. The largest absolute Gasteiger partial charge is 0.457 e. The summed E-state index contributed by atoms with van der Waals surface area (Å²) < 4.78 is 88.7. The first-order valence-corrected chi connectivity index (χ1v) is 11.0. The molecule has 0 radical (unpaired) electrons. The third-order valence-corrected chi connectivity index (χ3v) is 6.32. The molecular weight excluding hydrogens is 528 g/mol. The summed E-state index contributed by atoms with van der Waals surface area (Å²) in [6.45, 7) is 2.42. The highest BCUT2D eigenvalue weighted by molar-refractivity contribution is 6.31. The molecule has 5 nitrogen and oxygen atoms in total. The van der Waals surface area contributed by atoms with Crippen molar-refractivity contribution in [2.45, 2.75) is 37.7 Å². The minimum Gasteiger partial charge on any atom is -0.457 e. The quantitative estimate of drug-likeness (QED) is 0.282. The number of aryl methyl sites for hydroxylation is 2. The van der Waals surface area contributed by atoms with Crippen LogP contribution in [0.5, 0.6) is 11.5 Å². The maximum atomic E-state index is 14.3. The first-order chi connectivity index (χ1) is 17.0. The molecule has 0 saturated carbocycles. The predicted octanol–water partition coefficient (Wildman–Crippen LogP) is 6.52. The van der Waals surface area contributed by atoms with Gasteiger partial charge in [-0.1, -0.05) is 24.6 Å². The molecule has 0 amide bonds. The Hall–Kier alpha value is -3.31. The van der Waals surface area contributed by atoms with Crippen molar-refractivity contribution in [3.8, 4) is 11.5 Å². The SMILES string of the molecule is Cc1cc(C(O)(C(C)c2ccc(Oc3ccc(C=O)c(C(F)(F)F)c3)cc2Cl)C(F)(F)F)cn(C)c1=O. The van der Waals surface area contributed by atoms with Gasteiger partial charge in [0.2, 0.25) is 0 Å². The van der Waals surface area contributed by atoms with Crippen LogP contribution in [0.1, 0.15) is 45.5 Å². The number of benzene rings is 2. The smallest absolute Gasteiger partial charge is 0.422 e. The molecule has 0 bridgehead atoms. The highest BCUT2D eigenvalue weighted by atomic mass is 35.5. The van der Waals surface area contributed by atoms with Gasteiger partial charge < -0.3 is 14.4 Å². The van der Waals surface area contributed by atoms with Gasteiger partial charge in [-0.25, -0.2) is 0 Å². The maximum Gasteiger partial charge on any atom is 0.422 e. The van der Waals surface area contributed by atoms with Gasteiger partial charge in [0.25, 0.3) is 5.56 Å². The number of nitrogens with zero attached hydrogens (tertiary/aromatic N) is 1. The van der Waals surface area contributed by atoms with Crippen LogP contribution in [-0.4, -0.2) is 22.1 Å². The Kier molecular flexibility index (Phi) is 7.54. The Balaban J connectivity index is 2.02. The number of carbonyl (C=O) groups is 1. The highest BCUT2D eigenvalue weighted by Crippen LogP contribution is 2.50. The fraction of sp³-hybridized carbons (Fsp3) is 0.280. The number of hydrogen-bond acceptors (Lipinski definition) is 4. The zero-order valence-electron chi connectivity index (χ0n) is 19.5. The zero-order valence-corrected chi connectivity index (χ0v) is 20.3. The van der Waals surface area contributed by atoms with Gasteiger partial charge in [-0.3, -0.25) is 9.59 Å². The summed E-state index contributed by atoms with van der Waals surface area (Å²) in [4.78, 5) is 22.9.